The van der Waals surface area contributed by atoms with Crippen molar-refractivity contribution >= 4 is 10.9 Å². The summed E-state index contributed by atoms with van der Waals surface area (Å²) >= 11 is 0. The molecule has 0 radical (unpaired) electrons. The normalized spacial score (nSPS) is 12.2. The summed E-state index contributed by atoms with van der Waals surface area (Å²) in [7, 11) is 0. The number of aliphatic hydroxyl groups excluding tert-OH is 1. The Morgan fingerprint density at radius 3 is 2.89 bits per heavy atom. The first-order valence-corrected chi connectivity index (χ1v) is 6.99. The molecule has 0 aliphatic carbocycles. The van der Waals surface area contributed by atoms with Crippen LogP contribution in [-0.2, 0) is 6.54 Å². The Morgan fingerprint density at radius 2 is 2.11 bits per heavy atom. The molecule has 1 aromatic carbocycles. The van der Waals surface area contributed by atoms with Gasteiger partial charge in [0.1, 0.15) is 0 Å². The Labute approximate surface area is 115 Å². The van der Waals surface area contributed by atoms with E-state index in [2.05, 4.69) is 48.4 Å². The maximum absolute atomic E-state index is 8.90. The smallest absolute Gasteiger partial charge is 0.0499 e. The van der Waals surface area contributed by atoms with Crippen LogP contribution < -0.4 is 5.32 Å². The van der Waals surface area contributed by atoms with Crippen LogP contribution in [0.3, 0.4) is 0 Å². The average molecular weight is 260 g/mol. The number of para-hydroxylation sites is 1. The molecule has 0 aliphatic rings. The molecule has 104 valence electrons. The highest BCUT2D eigenvalue weighted by atomic mass is 16.2. The molecule has 0 saturated carbocycles. The van der Waals surface area contributed by atoms with Gasteiger partial charge in [0.2, 0.25) is 0 Å². The fourth-order valence-electron chi connectivity index (χ4n) is 2.48. The van der Waals surface area contributed by atoms with Crippen molar-refractivity contribution in [2.75, 3.05) is 13.2 Å². The third kappa shape index (κ3) is 3.82. The summed E-state index contributed by atoms with van der Waals surface area (Å²) in [4.78, 5) is 3.30. The monoisotopic (exact) mass is 260 g/mol. The van der Waals surface area contributed by atoms with Gasteiger partial charge in [0.25, 0.3) is 0 Å². The second-order valence-corrected chi connectivity index (χ2v) is 5.95. The number of fused-ring (bicyclic) bond motifs is 1. The number of hydrogen-bond acceptors (Lipinski definition) is 2. The van der Waals surface area contributed by atoms with Gasteiger partial charge in [-0.15, -0.1) is 0 Å². The van der Waals surface area contributed by atoms with Gasteiger partial charge >= 0.3 is 0 Å². The van der Waals surface area contributed by atoms with Gasteiger partial charge in [0.05, 0.1) is 0 Å². The van der Waals surface area contributed by atoms with Gasteiger partial charge in [0, 0.05) is 31.4 Å². The molecule has 0 bridgehead atoms. The maximum atomic E-state index is 8.90. The van der Waals surface area contributed by atoms with Crippen LogP contribution in [-0.4, -0.2) is 23.2 Å². The molecule has 1 aromatic heterocycles. The van der Waals surface area contributed by atoms with Crippen molar-refractivity contribution in [2.24, 2.45) is 5.41 Å². The van der Waals surface area contributed by atoms with E-state index in [0.29, 0.717) is 0 Å². The summed E-state index contributed by atoms with van der Waals surface area (Å²) in [5.41, 5.74) is 2.76. The zero-order valence-electron chi connectivity index (χ0n) is 11.9. The van der Waals surface area contributed by atoms with Crippen LogP contribution in [0.5, 0.6) is 0 Å². The standard InChI is InChI=1S/C16H24N2O/c1-16(2,8-4-10-19)12-17-11-14-6-3-5-13-7-9-18-15(13)14/h3,5-7,9,17-19H,4,8,10-12H2,1-2H3. The van der Waals surface area contributed by atoms with Gasteiger partial charge in [-0.3, -0.25) is 0 Å². The Balaban J connectivity index is 1.90. The Hall–Kier alpha value is -1.32. The van der Waals surface area contributed by atoms with Gasteiger partial charge in [-0.1, -0.05) is 32.0 Å². The van der Waals surface area contributed by atoms with Crippen molar-refractivity contribution in [1.82, 2.24) is 10.3 Å². The van der Waals surface area contributed by atoms with Crippen LogP contribution >= 0.6 is 0 Å². The van der Waals surface area contributed by atoms with E-state index in [9.17, 15) is 0 Å². The number of rotatable bonds is 7. The van der Waals surface area contributed by atoms with Crippen LogP contribution in [0.4, 0.5) is 0 Å². The fourth-order valence-corrected chi connectivity index (χ4v) is 2.48. The van der Waals surface area contributed by atoms with Crippen LogP contribution in [0.1, 0.15) is 32.3 Å². The summed E-state index contributed by atoms with van der Waals surface area (Å²) in [5.74, 6) is 0. The van der Waals surface area contributed by atoms with Crippen LogP contribution in [0.2, 0.25) is 0 Å². The van der Waals surface area contributed by atoms with Crippen LogP contribution in [0.25, 0.3) is 10.9 Å². The van der Waals surface area contributed by atoms with Crippen molar-refractivity contribution in [2.45, 2.75) is 33.2 Å². The Kier molecular flexibility index (Phi) is 4.61. The number of benzene rings is 1. The average Bonchev–Trinajstić information content (AvgIpc) is 2.85. The van der Waals surface area contributed by atoms with Gasteiger partial charge in [-0.25, -0.2) is 0 Å². The Morgan fingerprint density at radius 1 is 1.26 bits per heavy atom. The second-order valence-electron chi connectivity index (χ2n) is 5.95. The summed E-state index contributed by atoms with van der Waals surface area (Å²) in [6.45, 7) is 6.60. The number of aliphatic hydroxyl groups is 1. The van der Waals surface area contributed by atoms with E-state index in [0.717, 1.165) is 25.9 Å². The second kappa shape index (κ2) is 6.22. The fraction of sp³-hybridized carbons (Fsp3) is 0.500. The lowest BCUT2D eigenvalue weighted by Gasteiger charge is -2.24. The van der Waals surface area contributed by atoms with E-state index in [1.165, 1.54) is 16.5 Å². The maximum Gasteiger partial charge on any atom is 0.0499 e. The number of aromatic amines is 1. The number of hydrogen-bond donors (Lipinski definition) is 3. The van der Waals surface area contributed by atoms with Crippen molar-refractivity contribution in [1.29, 1.82) is 0 Å². The number of nitrogens with one attached hydrogen (secondary N) is 2. The molecule has 2 aromatic rings. The van der Waals surface area contributed by atoms with Crippen molar-refractivity contribution in [3.05, 3.63) is 36.0 Å². The number of H-pyrrole nitrogens is 1. The van der Waals surface area contributed by atoms with E-state index in [4.69, 9.17) is 5.11 Å². The molecule has 0 unspecified atom stereocenters. The summed E-state index contributed by atoms with van der Waals surface area (Å²) in [5, 5.41) is 13.7. The molecule has 2 rings (SSSR count). The van der Waals surface area contributed by atoms with Gasteiger partial charge in [-0.2, -0.15) is 0 Å². The number of aromatic nitrogens is 1. The van der Waals surface area contributed by atoms with Crippen LogP contribution in [0, 0.1) is 5.41 Å². The molecule has 3 heteroatoms. The van der Waals surface area contributed by atoms with Crippen molar-refractivity contribution < 1.29 is 5.11 Å². The van der Waals surface area contributed by atoms with Gasteiger partial charge < -0.3 is 15.4 Å². The highest BCUT2D eigenvalue weighted by Gasteiger charge is 2.16. The van der Waals surface area contributed by atoms with Crippen LogP contribution in [0.15, 0.2) is 30.5 Å². The predicted octanol–water partition coefficient (Wildman–Crippen LogP) is 3.06. The molecule has 0 amide bonds. The zero-order chi connectivity index (χ0) is 13.7. The lowest BCUT2D eigenvalue weighted by Crippen LogP contribution is -2.29. The minimum atomic E-state index is 0.229. The summed E-state index contributed by atoms with van der Waals surface area (Å²) in [6.07, 6.45) is 3.91. The first-order valence-electron chi connectivity index (χ1n) is 6.99. The lowest BCUT2D eigenvalue weighted by molar-refractivity contribution is 0.236. The Bertz CT molecular complexity index is 516. The molecule has 3 N–H and O–H groups in total. The highest BCUT2D eigenvalue weighted by Crippen LogP contribution is 2.21. The largest absolute Gasteiger partial charge is 0.396 e. The lowest BCUT2D eigenvalue weighted by atomic mass is 9.88. The minimum absolute atomic E-state index is 0.229. The molecule has 0 saturated heterocycles. The predicted molar refractivity (Wildman–Crippen MR) is 80.1 cm³/mol. The van der Waals surface area contributed by atoms with Gasteiger partial charge in [0.15, 0.2) is 0 Å². The first-order chi connectivity index (χ1) is 9.12. The minimum Gasteiger partial charge on any atom is -0.396 e. The summed E-state index contributed by atoms with van der Waals surface area (Å²) in [6, 6.07) is 8.49. The quantitative estimate of drug-likeness (QED) is 0.716. The highest BCUT2D eigenvalue weighted by molar-refractivity contribution is 5.82. The zero-order valence-corrected chi connectivity index (χ0v) is 11.9. The van der Waals surface area contributed by atoms with E-state index in [-0.39, 0.29) is 12.0 Å². The van der Waals surface area contributed by atoms with E-state index in [1.54, 1.807) is 0 Å². The van der Waals surface area contributed by atoms with E-state index in [1.807, 2.05) is 6.20 Å². The molecule has 0 atom stereocenters. The van der Waals surface area contributed by atoms with E-state index >= 15 is 0 Å². The molecular weight excluding hydrogens is 236 g/mol. The van der Waals surface area contributed by atoms with E-state index < -0.39 is 0 Å². The third-order valence-corrected chi connectivity index (χ3v) is 3.60. The van der Waals surface area contributed by atoms with Crippen molar-refractivity contribution in [3.8, 4) is 0 Å². The van der Waals surface area contributed by atoms with Crippen molar-refractivity contribution in [3.63, 3.8) is 0 Å². The third-order valence-electron chi connectivity index (χ3n) is 3.60. The molecule has 1 heterocycles. The summed E-state index contributed by atoms with van der Waals surface area (Å²) < 4.78 is 0. The SMILES string of the molecule is CC(C)(CCCO)CNCc1cccc2cc[nH]c12. The molecular formula is C16H24N2O. The van der Waals surface area contributed by atoms with Gasteiger partial charge in [-0.05, 0) is 35.3 Å². The molecule has 3 nitrogen and oxygen atoms in total. The first kappa shape index (κ1) is 14.1. The topological polar surface area (TPSA) is 48.0 Å². The molecule has 19 heavy (non-hydrogen) atoms. The molecule has 0 aliphatic heterocycles. The molecule has 0 fully saturated rings. The molecule has 0 spiro atoms.